The summed E-state index contributed by atoms with van der Waals surface area (Å²) in [5.74, 6) is 1.18. The lowest BCUT2D eigenvalue weighted by molar-refractivity contribution is -0.116. The Hall–Kier alpha value is -1.45. The molecule has 0 unspecified atom stereocenters. The van der Waals surface area contributed by atoms with E-state index in [1.807, 2.05) is 0 Å². The van der Waals surface area contributed by atoms with Crippen LogP contribution in [0.2, 0.25) is 0 Å². The van der Waals surface area contributed by atoms with E-state index in [9.17, 15) is 4.79 Å². The van der Waals surface area contributed by atoms with Gasteiger partial charge < -0.3 is 0 Å². The molecule has 17 heavy (non-hydrogen) atoms. The third-order valence-corrected chi connectivity index (χ3v) is 3.32. The van der Waals surface area contributed by atoms with Gasteiger partial charge in [0.1, 0.15) is 0 Å². The number of anilines is 1. The van der Waals surface area contributed by atoms with Crippen LogP contribution in [0, 0.1) is 5.92 Å². The molecule has 1 aromatic heterocycles. The van der Waals surface area contributed by atoms with Gasteiger partial charge in [0.05, 0.1) is 0 Å². The van der Waals surface area contributed by atoms with Crippen molar-refractivity contribution in [3.63, 3.8) is 0 Å². The predicted molar refractivity (Wildman–Crippen MR) is 66.5 cm³/mol. The molecule has 1 N–H and O–H groups in total. The molecule has 0 bridgehead atoms. The highest BCUT2D eigenvalue weighted by Gasteiger charge is 2.14. The van der Waals surface area contributed by atoms with Gasteiger partial charge in [0.25, 0.3) is 0 Å². The minimum atomic E-state index is 0.0294. The van der Waals surface area contributed by atoms with Crippen LogP contribution < -0.4 is 5.32 Å². The van der Waals surface area contributed by atoms with Gasteiger partial charge in [-0.15, -0.1) is 0 Å². The molecular formula is C13H19N3O. The molecule has 1 fully saturated rings. The van der Waals surface area contributed by atoms with Gasteiger partial charge in [-0.05, 0) is 18.4 Å². The Labute approximate surface area is 102 Å². The van der Waals surface area contributed by atoms with E-state index in [0.717, 1.165) is 12.3 Å². The zero-order valence-electron chi connectivity index (χ0n) is 10.1. The quantitative estimate of drug-likeness (QED) is 0.870. The second-order valence-corrected chi connectivity index (χ2v) is 4.66. The molecule has 4 heteroatoms. The fourth-order valence-electron chi connectivity index (χ4n) is 2.36. The summed E-state index contributed by atoms with van der Waals surface area (Å²) in [6, 6.07) is 1.73. The van der Waals surface area contributed by atoms with Crippen LogP contribution in [0.4, 0.5) is 5.95 Å². The van der Waals surface area contributed by atoms with E-state index in [4.69, 9.17) is 0 Å². The first kappa shape index (κ1) is 12.0. The average molecular weight is 233 g/mol. The van der Waals surface area contributed by atoms with Crippen molar-refractivity contribution in [2.24, 2.45) is 5.92 Å². The van der Waals surface area contributed by atoms with E-state index < -0.39 is 0 Å². The summed E-state index contributed by atoms with van der Waals surface area (Å²) in [6.45, 7) is 0. The molecule has 1 aliphatic rings. The normalized spacial score (nSPS) is 16.7. The molecule has 1 amide bonds. The van der Waals surface area contributed by atoms with Crippen LogP contribution in [-0.4, -0.2) is 15.9 Å². The number of rotatable bonds is 4. The molecule has 2 rings (SSSR count). The second-order valence-electron chi connectivity index (χ2n) is 4.66. The highest BCUT2D eigenvalue weighted by Crippen LogP contribution is 2.27. The zero-order valence-corrected chi connectivity index (χ0v) is 10.1. The van der Waals surface area contributed by atoms with Crippen molar-refractivity contribution >= 4 is 11.9 Å². The molecule has 1 aliphatic carbocycles. The fourth-order valence-corrected chi connectivity index (χ4v) is 2.36. The first-order chi connectivity index (χ1) is 8.34. The summed E-state index contributed by atoms with van der Waals surface area (Å²) >= 11 is 0. The Morgan fingerprint density at radius 2 is 1.94 bits per heavy atom. The van der Waals surface area contributed by atoms with Gasteiger partial charge >= 0.3 is 0 Å². The van der Waals surface area contributed by atoms with Crippen molar-refractivity contribution in [2.45, 2.75) is 44.9 Å². The summed E-state index contributed by atoms with van der Waals surface area (Å²) < 4.78 is 0. The van der Waals surface area contributed by atoms with Crippen LogP contribution in [-0.2, 0) is 4.79 Å². The van der Waals surface area contributed by atoms with Gasteiger partial charge in [-0.1, -0.05) is 32.1 Å². The molecule has 0 spiro atoms. The Kier molecular flexibility index (Phi) is 4.47. The van der Waals surface area contributed by atoms with Crippen molar-refractivity contribution in [1.29, 1.82) is 0 Å². The van der Waals surface area contributed by atoms with Crippen LogP contribution in [0.25, 0.3) is 0 Å². The lowest BCUT2D eigenvalue weighted by Gasteiger charge is -2.20. The monoisotopic (exact) mass is 233 g/mol. The number of nitrogens with zero attached hydrogens (tertiary/aromatic N) is 2. The molecule has 1 aromatic rings. The minimum absolute atomic E-state index is 0.0294. The number of aromatic nitrogens is 2. The Bertz CT molecular complexity index is 347. The summed E-state index contributed by atoms with van der Waals surface area (Å²) in [4.78, 5) is 19.6. The maximum Gasteiger partial charge on any atom is 0.229 e. The Morgan fingerprint density at radius 1 is 1.24 bits per heavy atom. The molecule has 92 valence electrons. The highest BCUT2D eigenvalue weighted by molar-refractivity contribution is 5.88. The third-order valence-electron chi connectivity index (χ3n) is 3.32. The van der Waals surface area contributed by atoms with Crippen LogP contribution in [0.3, 0.4) is 0 Å². The Balaban J connectivity index is 1.70. The maximum atomic E-state index is 11.7. The van der Waals surface area contributed by atoms with Crippen LogP contribution in [0.5, 0.6) is 0 Å². The lowest BCUT2D eigenvalue weighted by Crippen LogP contribution is -2.16. The first-order valence-corrected chi connectivity index (χ1v) is 6.41. The molecule has 0 aromatic carbocycles. The summed E-state index contributed by atoms with van der Waals surface area (Å²) in [5.41, 5.74) is 0. The molecule has 0 saturated heterocycles. The van der Waals surface area contributed by atoms with Crippen molar-refractivity contribution in [1.82, 2.24) is 9.97 Å². The average Bonchev–Trinajstić information content (AvgIpc) is 2.39. The van der Waals surface area contributed by atoms with Gasteiger partial charge in [-0.25, -0.2) is 9.97 Å². The van der Waals surface area contributed by atoms with Crippen LogP contribution in [0.15, 0.2) is 18.5 Å². The number of carbonyl (C=O) groups excluding carboxylic acids is 1. The van der Waals surface area contributed by atoms with E-state index in [2.05, 4.69) is 15.3 Å². The summed E-state index contributed by atoms with van der Waals surface area (Å²) in [5, 5.41) is 2.72. The second kappa shape index (κ2) is 6.33. The van der Waals surface area contributed by atoms with Crippen molar-refractivity contribution in [3.8, 4) is 0 Å². The van der Waals surface area contributed by atoms with E-state index in [1.54, 1.807) is 18.5 Å². The van der Waals surface area contributed by atoms with E-state index >= 15 is 0 Å². The van der Waals surface area contributed by atoms with Crippen molar-refractivity contribution < 1.29 is 4.79 Å². The smallest absolute Gasteiger partial charge is 0.229 e. The van der Waals surface area contributed by atoms with Gasteiger partial charge in [-0.2, -0.15) is 0 Å². The Morgan fingerprint density at radius 3 is 2.65 bits per heavy atom. The van der Waals surface area contributed by atoms with Crippen molar-refractivity contribution in [2.75, 3.05) is 5.32 Å². The minimum Gasteiger partial charge on any atom is -0.295 e. The molecule has 1 heterocycles. The predicted octanol–water partition coefficient (Wildman–Crippen LogP) is 2.78. The number of hydrogen-bond acceptors (Lipinski definition) is 3. The van der Waals surface area contributed by atoms with Crippen LogP contribution in [0.1, 0.15) is 44.9 Å². The van der Waals surface area contributed by atoms with E-state index in [1.165, 1.54) is 32.1 Å². The van der Waals surface area contributed by atoms with Crippen LogP contribution >= 0.6 is 0 Å². The molecular weight excluding hydrogens is 214 g/mol. The van der Waals surface area contributed by atoms with E-state index in [0.29, 0.717) is 12.4 Å². The van der Waals surface area contributed by atoms with Gasteiger partial charge in [-0.3, -0.25) is 10.1 Å². The number of nitrogens with one attached hydrogen (secondary N) is 1. The highest BCUT2D eigenvalue weighted by atomic mass is 16.1. The first-order valence-electron chi connectivity index (χ1n) is 6.41. The zero-order chi connectivity index (χ0) is 11.9. The number of amides is 1. The van der Waals surface area contributed by atoms with Gasteiger partial charge in [0.15, 0.2) is 0 Å². The standard InChI is InChI=1S/C13H19N3O/c17-12(16-13-14-9-4-10-15-13)8-7-11-5-2-1-3-6-11/h4,9-11H,1-3,5-8H2,(H,14,15,16,17). The summed E-state index contributed by atoms with van der Waals surface area (Å²) in [6.07, 6.45) is 11.4. The lowest BCUT2D eigenvalue weighted by atomic mass is 9.86. The number of hydrogen-bond donors (Lipinski definition) is 1. The van der Waals surface area contributed by atoms with Gasteiger partial charge in [0.2, 0.25) is 11.9 Å². The number of carbonyl (C=O) groups is 1. The SMILES string of the molecule is O=C(CCC1CCCCC1)Nc1ncccn1. The fraction of sp³-hybridized carbons (Fsp3) is 0.615. The van der Waals surface area contributed by atoms with Gasteiger partial charge in [0, 0.05) is 18.8 Å². The molecule has 1 saturated carbocycles. The molecule has 0 atom stereocenters. The summed E-state index contributed by atoms with van der Waals surface area (Å²) in [7, 11) is 0. The maximum absolute atomic E-state index is 11.7. The molecule has 4 nitrogen and oxygen atoms in total. The molecule has 0 radical (unpaired) electrons. The van der Waals surface area contributed by atoms with E-state index in [-0.39, 0.29) is 5.91 Å². The molecule has 0 aliphatic heterocycles. The largest absolute Gasteiger partial charge is 0.295 e. The topological polar surface area (TPSA) is 54.9 Å². The third kappa shape index (κ3) is 4.13. The van der Waals surface area contributed by atoms with Crippen molar-refractivity contribution in [3.05, 3.63) is 18.5 Å².